The summed E-state index contributed by atoms with van der Waals surface area (Å²) >= 11 is 1.30. The van der Waals surface area contributed by atoms with Gasteiger partial charge in [-0.1, -0.05) is 168 Å². The van der Waals surface area contributed by atoms with Gasteiger partial charge in [0.15, 0.2) is 0 Å². The first kappa shape index (κ1) is 44.7. The highest BCUT2D eigenvalue weighted by atomic mass is 32.2. The van der Waals surface area contributed by atoms with Gasteiger partial charge in [-0.2, -0.15) is 11.8 Å². The Bertz CT molecular complexity index is 707. The Balaban J connectivity index is 4.06. The van der Waals surface area contributed by atoms with Gasteiger partial charge >= 0.3 is 17.9 Å². The summed E-state index contributed by atoms with van der Waals surface area (Å²) in [7, 11) is 0. The smallest absolute Gasteiger partial charge is 0.321 e. The molecular weight excluding hydrogens is 598 g/mol. The summed E-state index contributed by atoms with van der Waals surface area (Å²) in [5.41, 5.74) is 5.61. The lowest BCUT2D eigenvalue weighted by Gasteiger charge is -2.18. The van der Waals surface area contributed by atoms with Gasteiger partial charge in [0.05, 0.1) is 0 Å². The van der Waals surface area contributed by atoms with Crippen LogP contribution in [0.3, 0.4) is 0 Å². The monoisotopic (exact) mass is 672 g/mol. The van der Waals surface area contributed by atoms with Crippen LogP contribution in [0, 0.1) is 0 Å². The number of hydrogen-bond donors (Lipinski definition) is 2. The van der Waals surface area contributed by atoms with Crippen molar-refractivity contribution in [3.05, 3.63) is 0 Å². The molecule has 0 saturated heterocycles. The summed E-state index contributed by atoms with van der Waals surface area (Å²) < 4.78 is 11.1. The Morgan fingerprint density at radius 3 is 1.26 bits per heavy atom. The standard InChI is InChI=1S/C38H73NO6S/c1-3-5-7-9-11-13-15-17-19-21-23-25-27-29-36(40)44-31-34(32-46-33-35(39)38(42)43)45-37(41)30-28-26-24-22-20-18-16-14-12-10-8-6-4-2/h34-35H,3-33,39H2,1-2H3,(H,42,43)/t34?,35-/m0/s1. The van der Waals surface area contributed by atoms with Crippen molar-refractivity contribution in [3.8, 4) is 0 Å². The highest BCUT2D eigenvalue weighted by molar-refractivity contribution is 7.99. The Hall–Kier alpha value is -1.28. The van der Waals surface area contributed by atoms with Crippen LogP contribution in [0.15, 0.2) is 0 Å². The van der Waals surface area contributed by atoms with E-state index < -0.39 is 18.1 Å². The molecule has 2 atom stereocenters. The lowest BCUT2D eigenvalue weighted by molar-refractivity contribution is -0.157. The fourth-order valence-corrected chi connectivity index (χ4v) is 6.55. The molecule has 1 unspecified atom stereocenters. The maximum Gasteiger partial charge on any atom is 0.321 e. The molecule has 0 aromatic carbocycles. The van der Waals surface area contributed by atoms with E-state index in [9.17, 15) is 14.4 Å². The van der Waals surface area contributed by atoms with E-state index >= 15 is 0 Å². The van der Waals surface area contributed by atoms with E-state index in [1.807, 2.05) is 0 Å². The highest BCUT2D eigenvalue weighted by Crippen LogP contribution is 2.16. The van der Waals surface area contributed by atoms with Gasteiger partial charge in [0, 0.05) is 24.3 Å². The molecule has 8 heteroatoms. The first-order valence-corrected chi connectivity index (χ1v) is 20.5. The van der Waals surface area contributed by atoms with Crippen LogP contribution >= 0.6 is 11.8 Å². The second-order valence-electron chi connectivity index (χ2n) is 13.3. The molecule has 0 aliphatic rings. The molecule has 0 rings (SSSR count). The van der Waals surface area contributed by atoms with Gasteiger partial charge in [-0.25, -0.2) is 0 Å². The number of carbonyl (C=O) groups is 3. The van der Waals surface area contributed by atoms with Crippen molar-refractivity contribution in [3.63, 3.8) is 0 Å². The van der Waals surface area contributed by atoms with Crippen LogP contribution in [0.1, 0.15) is 194 Å². The summed E-state index contributed by atoms with van der Waals surface area (Å²) in [6.07, 6.45) is 32.6. The summed E-state index contributed by atoms with van der Waals surface area (Å²) in [6, 6.07) is -0.981. The minimum absolute atomic E-state index is 0.00304. The maximum absolute atomic E-state index is 12.5. The molecule has 7 nitrogen and oxygen atoms in total. The van der Waals surface area contributed by atoms with E-state index in [1.165, 1.54) is 140 Å². The third-order valence-electron chi connectivity index (χ3n) is 8.62. The van der Waals surface area contributed by atoms with E-state index in [-0.39, 0.29) is 24.3 Å². The molecular formula is C38H73NO6S. The van der Waals surface area contributed by atoms with Crippen molar-refractivity contribution in [1.29, 1.82) is 0 Å². The van der Waals surface area contributed by atoms with Crippen molar-refractivity contribution in [2.45, 2.75) is 206 Å². The fourth-order valence-electron chi connectivity index (χ4n) is 5.59. The SMILES string of the molecule is CCCCCCCCCCCCCCCC(=O)OCC(CSC[C@H](N)C(=O)O)OC(=O)CCCCCCCCCCCCCCC. The number of hydrogen-bond acceptors (Lipinski definition) is 7. The summed E-state index contributed by atoms with van der Waals surface area (Å²) in [6.45, 7) is 4.51. The molecule has 0 spiro atoms. The van der Waals surface area contributed by atoms with Crippen LogP contribution in [0.5, 0.6) is 0 Å². The summed E-state index contributed by atoms with van der Waals surface area (Å²) in [5, 5.41) is 9.04. The topological polar surface area (TPSA) is 116 Å². The van der Waals surface area contributed by atoms with Gasteiger partial charge in [-0.15, -0.1) is 0 Å². The highest BCUT2D eigenvalue weighted by Gasteiger charge is 2.19. The lowest BCUT2D eigenvalue weighted by atomic mass is 10.0. The molecule has 272 valence electrons. The minimum atomic E-state index is -1.06. The quantitative estimate of drug-likeness (QED) is 0.0499. The number of rotatable bonds is 36. The van der Waals surface area contributed by atoms with Crippen LogP contribution in [0.25, 0.3) is 0 Å². The lowest BCUT2D eigenvalue weighted by Crippen LogP contribution is -2.34. The van der Waals surface area contributed by atoms with Gasteiger partial charge in [0.2, 0.25) is 0 Å². The molecule has 46 heavy (non-hydrogen) atoms. The molecule has 0 heterocycles. The number of unbranched alkanes of at least 4 members (excludes halogenated alkanes) is 24. The second kappa shape index (κ2) is 35.0. The van der Waals surface area contributed by atoms with E-state index in [0.29, 0.717) is 18.6 Å². The van der Waals surface area contributed by atoms with Gasteiger partial charge in [-0.05, 0) is 12.8 Å². The van der Waals surface area contributed by atoms with Crippen molar-refractivity contribution >= 4 is 29.7 Å². The van der Waals surface area contributed by atoms with Gasteiger partial charge in [0.1, 0.15) is 18.8 Å². The first-order valence-electron chi connectivity index (χ1n) is 19.3. The molecule has 0 aliphatic heterocycles. The molecule has 0 aromatic heterocycles. The maximum atomic E-state index is 12.5. The third-order valence-corrected chi connectivity index (χ3v) is 9.82. The largest absolute Gasteiger partial charge is 0.480 e. The van der Waals surface area contributed by atoms with Crippen molar-refractivity contribution in [2.75, 3.05) is 18.1 Å². The van der Waals surface area contributed by atoms with Crippen LogP contribution in [-0.4, -0.2) is 53.3 Å². The number of carbonyl (C=O) groups excluding carboxylic acids is 2. The molecule has 0 radical (unpaired) electrons. The Morgan fingerprint density at radius 1 is 0.543 bits per heavy atom. The molecule has 3 N–H and O–H groups in total. The number of ether oxygens (including phenoxy) is 2. The van der Waals surface area contributed by atoms with Crippen LogP contribution in [0.4, 0.5) is 0 Å². The van der Waals surface area contributed by atoms with E-state index in [2.05, 4.69) is 13.8 Å². The Morgan fingerprint density at radius 2 is 0.891 bits per heavy atom. The molecule has 0 bridgehead atoms. The number of thioether (sulfide) groups is 1. The Labute approximate surface area is 287 Å². The molecule has 0 aromatic rings. The number of carboxylic acids is 1. The van der Waals surface area contributed by atoms with Crippen LogP contribution in [-0.2, 0) is 23.9 Å². The van der Waals surface area contributed by atoms with Gasteiger partial charge in [-0.3, -0.25) is 14.4 Å². The van der Waals surface area contributed by atoms with Crippen molar-refractivity contribution in [2.24, 2.45) is 5.73 Å². The van der Waals surface area contributed by atoms with E-state index in [4.69, 9.17) is 20.3 Å². The molecule has 0 aliphatic carbocycles. The zero-order valence-corrected chi connectivity index (χ0v) is 30.9. The molecule has 0 saturated carbocycles. The van der Waals surface area contributed by atoms with E-state index in [0.717, 1.165) is 38.5 Å². The average molecular weight is 672 g/mol. The predicted octanol–water partition coefficient (Wildman–Crippen LogP) is 10.5. The van der Waals surface area contributed by atoms with Crippen molar-refractivity contribution in [1.82, 2.24) is 0 Å². The van der Waals surface area contributed by atoms with Crippen LogP contribution in [0.2, 0.25) is 0 Å². The average Bonchev–Trinajstić information content (AvgIpc) is 3.04. The number of carboxylic acid groups (broad SMARTS) is 1. The fraction of sp³-hybridized carbons (Fsp3) is 0.921. The van der Waals surface area contributed by atoms with Gasteiger partial charge in [0.25, 0.3) is 0 Å². The van der Waals surface area contributed by atoms with Gasteiger partial charge < -0.3 is 20.3 Å². The normalized spacial score (nSPS) is 12.6. The second-order valence-corrected chi connectivity index (χ2v) is 14.3. The third kappa shape index (κ3) is 32.7. The van der Waals surface area contributed by atoms with Crippen LogP contribution < -0.4 is 5.73 Å². The molecule has 0 amide bonds. The summed E-state index contributed by atoms with van der Waals surface area (Å²) in [4.78, 5) is 35.9. The Kier molecular flexibility index (Phi) is 34.1. The first-order chi connectivity index (χ1) is 22.4. The molecule has 0 fully saturated rings. The van der Waals surface area contributed by atoms with E-state index in [1.54, 1.807) is 0 Å². The summed E-state index contributed by atoms with van der Waals surface area (Å²) in [5.74, 6) is -1.07. The zero-order chi connectivity index (χ0) is 33.9. The number of nitrogens with two attached hydrogens (primary N) is 1. The number of esters is 2. The minimum Gasteiger partial charge on any atom is -0.480 e. The number of aliphatic carboxylic acids is 1. The predicted molar refractivity (Wildman–Crippen MR) is 194 cm³/mol. The van der Waals surface area contributed by atoms with Crippen molar-refractivity contribution < 1.29 is 29.0 Å². The zero-order valence-electron chi connectivity index (χ0n) is 30.0.